The maximum absolute atomic E-state index is 5.64. The van der Waals surface area contributed by atoms with Crippen LogP contribution in [0.15, 0.2) is 86.0 Å². The van der Waals surface area contributed by atoms with E-state index in [1.54, 1.807) is 6.08 Å². The summed E-state index contributed by atoms with van der Waals surface area (Å²) in [5.41, 5.74) is 4.48. The van der Waals surface area contributed by atoms with Crippen LogP contribution >= 0.6 is 0 Å². The molecule has 0 atom stereocenters. The Morgan fingerprint density at radius 2 is 0.920 bits per heavy atom. The third kappa shape index (κ3) is 4.39. The summed E-state index contributed by atoms with van der Waals surface area (Å²) in [7, 11) is 0. The third-order valence-electron chi connectivity index (χ3n) is 3.90. The third-order valence-corrected chi connectivity index (χ3v) is 3.90. The second-order valence-electron chi connectivity index (χ2n) is 5.53. The van der Waals surface area contributed by atoms with Crippen LogP contribution < -0.4 is 9.47 Å². The monoisotopic (exact) mass is 328 g/mol. The van der Waals surface area contributed by atoms with Gasteiger partial charge in [-0.25, -0.2) is 0 Å². The molecule has 0 spiro atoms. The molecule has 25 heavy (non-hydrogen) atoms. The van der Waals surface area contributed by atoms with Crippen LogP contribution in [-0.4, -0.2) is 6.79 Å². The summed E-state index contributed by atoms with van der Waals surface area (Å²) in [4.78, 5) is 0. The van der Waals surface area contributed by atoms with Crippen LogP contribution in [0.25, 0.3) is 23.3 Å². The molecule has 0 fully saturated rings. The molecule has 0 aliphatic heterocycles. The second kappa shape index (κ2) is 8.02. The first-order chi connectivity index (χ1) is 12.3. The van der Waals surface area contributed by atoms with Crippen LogP contribution in [0.5, 0.6) is 11.5 Å². The summed E-state index contributed by atoms with van der Waals surface area (Å²) < 4.78 is 11.2. The van der Waals surface area contributed by atoms with Crippen LogP contribution in [-0.2, 0) is 0 Å². The topological polar surface area (TPSA) is 18.5 Å². The lowest BCUT2D eigenvalue weighted by Crippen LogP contribution is -2.05. The van der Waals surface area contributed by atoms with Crippen LogP contribution in [0.2, 0.25) is 0 Å². The maximum atomic E-state index is 5.64. The molecule has 0 bridgehead atoms. The van der Waals surface area contributed by atoms with Crippen molar-refractivity contribution in [2.24, 2.45) is 0 Å². The van der Waals surface area contributed by atoms with E-state index >= 15 is 0 Å². The van der Waals surface area contributed by atoms with Crippen molar-refractivity contribution in [3.05, 3.63) is 97.1 Å². The molecular formula is C23H20O2. The van der Waals surface area contributed by atoms with Crippen molar-refractivity contribution < 1.29 is 9.47 Å². The van der Waals surface area contributed by atoms with Gasteiger partial charge in [-0.05, 0) is 46.5 Å². The zero-order valence-electron chi connectivity index (χ0n) is 14.0. The van der Waals surface area contributed by atoms with Gasteiger partial charge in [-0.3, -0.25) is 0 Å². The predicted molar refractivity (Wildman–Crippen MR) is 105 cm³/mol. The Morgan fingerprint density at radius 3 is 1.36 bits per heavy atom. The molecule has 3 aromatic rings. The van der Waals surface area contributed by atoms with E-state index in [0.29, 0.717) is 0 Å². The molecule has 0 aliphatic rings. The van der Waals surface area contributed by atoms with E-state index in [1.165, 1.54) is 0 Å². The van der Waals surface area contributed by atoms with E-state index in [4.69, 9.17) is 9.47 Å². The largest absolute Gasteiger partial charge is 0.458 e. The molecule has 0 unspecified atom stereocenters. The van der Waals surface area contributed by atoms with E-state index in [9.17, 15) is 0 Å². The molecule has 2 nitrogen and oxygen atoms in total. The van der Waals surface area contributed by atoms with Crippen molar-refractivity contribution in [3.63, 3.8) is 0 Å². The molecular weight excluding hydrogens is 308 g/mol. The SMILES string of the molecule is C=Cc1ccc(OCOc2ccc(-c3ccc(C=C)cc3)cc2)cc1. The molecule has 0 saturated heterocycles. The van der Waals surface area contributed by atoms with Crippen molar-refractivity contribution in [2.45, 2.75) is 0 Å². The smallest absolute Gasteiger partial charge is 0.230 e. The van der Waals surface area contributed by atoms with Crippen molar-refractivity contribution in [1.29, 1.82) is 0 Å². The fraction of sp³-hybridized carbons (Fsp3) is 0.0435. The van der Waals surface area contributed by atoms with Gasteiger partial charge >= 0.3 is 0 Å². The summed E-state index contributed by atoms with van der Waals surface area (Å²) in [5.74, 6) is 1.54. The lowest BCUT2D eigenvalue weighted by molar-refractivity contribution is 0.120. The lowest BCUT2D eigenvalue weighted by Gasteiger charge is -2.09. The Morgan fingerprint density at radius 1 is 0.560 bits per heavy atom. The molecule has 3 rings (SSSR count). The van der Waals surface area contributed by atoms with Gasteiger partial charge in [0.15, 0.2) is 0 Å². The van der Waals surface area contributed by atoms with Crippen LogP contribution in [0.4, 0.5) is 0 Å². The Balaban J connectivity index is 1.56. The lowest BCUT2D eigenvalue weighted by atomic mass is 10.0. The van der Waals surface area contributed by atoms with Crippen LogP contribution in [0.1, 0.15) is 11.1 Å². The van der Waals surface area contributed by atoms with Crippen molar-refractivity contribution in [1.82, 2.24) is 0 Å². The van der Waals surface area contributed by atoms with E-state index in [-0.39, 0.29) is 6.79 Å². The summed E-state index contributed by atoms with van der Waals surface area (Å²) in [6, 6.07) is 24.0. The summed E-state index contributed by atoms with van der Waals surface area (Å²) >= 11 is 0. The van der Waals surface area contributed by atoms with Gasteiger partial charge in [-0.15, -0.1) is 0 Å². The number of ether oxygens (including phenoxy) is 2. The van der Waals surface area contributed by atoms with Gasteiger partial charge in [-0.1, -0.05) is 73.8 Å². The molecule has 3 aromatic carbocycles. The maximum Gasteiger partial charge on any atom is 0.230 e. The van der Waals surface area contributed by atoms with Gasteiger partial charge in [0, 0.05) is 0 Å². The Labute approximate surface area is 148 Å². The first-order valence-electron chi connectivity index (χ1n) is 8.09. The van der Waals surface area contributed by atoms with Crippen molar-refractivity contribution >= 4 is 12.2 Å². The quantitative estimate of drug-likeness (QED) is 0.491. The average Bonchev–Trinajstić information content (AvgIpc) is 2.69. The summed E-state index contributed by atoms with van der Waals surface area (Å²) in [5, 5.41) is 0. The highest BCUT2D eigenvalue weighted by atomic mass is 16.7. The normalized spacial score (nSPS) is 10.1. The molecule has 0 aromatic heterocycles. The number of rotatable bonds is 7. The van der Waals surface area contributed by atoms with E-state index < -0.39 is 0 Å². The molecule has 0 aliphatic carbocycles. The van der Waals surface area contributed by atoms with Gasteiger partial charge in [0.1, 0.15) is 11.5 Å². The van der Waals surface area contributed by atoms with Gasteiger partial charge in [0.05, 0.1) is 0 Å². The minimum absolute atomic E-state index is 0.167. The van der Waals surface area contributed by atoms with Crippen molar-refractivity contribution in [2.75, 3.05) is 6.79 Å². The zero-order valence-corrected chi connectivity index (χ0v) is 14.0. The van der Waals surface area contributed by atoms with Gasteiger partial charge in [-0.2, -0.15) is 0 Å². The molecule has 0 radical (unpaired) electrons. The summed E-state index contributed by atoms with van der Waals surface area (Å²) in [6.45, 7) is 7.67. The highest BCUT2D eigenvalue weighted by molar-refractivity contribution is 5.66. The van der Waals surface area contributed by atoms with Gasteiger partial charge in [0.2, 0.25) is 6.79 Å². The zero-order chi connectivity index (χ0) is 17.5. The number of benzene rings is 3. The Bertz CT molecular complexity index is 829. The molecule has 124 valence electrons. The van der Waals surface area contributed by atoms with E-state index in [0.717, 1.165) is 33.8 Å². The first-order valence-corrected chi connectivity index (χ1v) is 8.09. The predicted octanol–water partition coefficient (Wildman–Crippen LogP) is 6.05. The molecule has 0 saturated carbocycles. The highest BCUT2D eigenvalue weighted by Gasteiger charge is 2.00. The van der Waals surface area contributed by atoms with Crippen molar-refractivity contribution in [3.8, 4) is 22.6 Å². The number of hydrogen-bond acceptors (Lipinski definition) is 2. The average molecular weight is 328 g/mol. The minimum Gasteiger partial charge on any atom is -0.458 e. The van der Waals surface area contributed by atoms with Crippen LogP contribution in [0, 0.1) is 0 Å². The Kier molecular flexibility index (Phi) is 5.32. The van der Waals surface area contributed by atoms with Crippen LogP contribution in [0.3, 0.4) is 0 Å². The van der Waals surface area contributed by atoms with Gasteiger partial charge < -0.3 is 9.47 Å². The number of hydrogen-bond donors (Lipinski definition) is 0. The summed E-state index contributed by atoms with van der Waals surface area (Å²) in [6.07, 6.45) is 3.64. The molecule has 0 amide bonds. The second-order valence-corrected chi connectivity index (χ2v) is 5.53. The molecule has 0 N–H and O–H groups in total. The molecule has 2 heteroatoms. The fourth-order valence-electron chi connectivity index (χ4n) is 2.42. The first kappa shape index (κ1) is 16.6. The molecule has 0 heterocycles. The van der Waals surface area contributed by atoms with E-state index in [1.807, 2.05) is 54.6 Å². The Hall–Kier alpha value is -3.26. The highest BCUT2D eigenvalue weighted by Crippen LogP contribution is 2.23. The fourth-order valence-corrected chi connectivity index (χ4v) is 2.42. The van der Waals surface area contributed by atoms with E-state index in [2.05, 4.69) is 37.4 Å². The van der Waals surface area contributed by atoms with Gasteiger partial charge in [0.25, 0.3) is 0 Å². The minimum atomic E-state index is 0.167. The standard InChI is InChI=1S/C23H20O2/c1-3-18-5-9-20(10-6-18)21-11-15-23(16-12-21)25-17-24-22-13-7-19(4-2)8-14-22/h3-16H,1-2,17H2.